The lowest BCUT2D eigenvalue weighted by Crippen LogP contribution is -2.30. The number of hydrogen-bond acceptors (Lipinski definition) is 3. The van der Waals surface area contributed by atoms with Gasteiger partial charge in [0, 0.05) is 12.7 Å². The number of nitrogens with one attached hydrogen (secondary N) is 1. The fraction of sp³-hybridized carbons (Fsp3) is 0.769. The molecule has 0 spiro atoms. The quantitative estimate of drug-likeness (QED) is 0.811. The standard InChI is InChI=1S/C13H21N3O/c17-12-4-2-6-16-9-11(15-13(12)16)7-10-3-1-5-14-8-10/h9-10,12,14,17H,1-8H2. The van der Waals surface area contributed by atoms with Gasteiger partial charge in [0.05, 0.1) is 5.69 Å². The predicted molar refractivity (Wildman–Crippen MR) is 65.7 cm³/mol. The molecule has 0 aliphatic carbocycles. The van der Waals surface area contributed by atoms with Crippen molar-refractivity contribution in [3.63, 3.8) is 0 Å². The van der Waals surface area contributed by atoms with Gasteiger partial charge in [-0.1, -0.05) is 0 Å². The Labute approximate surface area is 102 Å². The maximum absolute atomic E-state index is 9.88. The number of piperidine rings is 1. The van der Waals surface area contributed by atoms with Crippen molar-refractivity contribution in [1.82, 2.24) is 14.9 Å². The van der Waals surface area contributed by atoms with E-state index in [0.717, 1.165) is 56.3 Å². The first kappa shape index (κ1) is 11.2. The predicted octanol–water partition coefficient (Wildman–Crippen LogP) is 1.25. The molecule has 0 bridgehead atoms. The summed E-state index contributed by atoms with van der Waals surface area (Å²) in [5.41, 5.74) is 1.16. The number of imidazole rings is 1. The Bertz CT molecular complexity index is 382. The number of aliphatic hydroxyl groups is 1. The van der Waals surface area contributed by atoms with Crippen molar-refractivity contribution in [1.29, 1.82) is 0 Å². The van der Waals surface area contributed by atoms with Crippen molar-refractivity contribution in [2.24, 2.45) is 5.92 Å². The second-order valence-electron chi connectivity index (χ2n) is 5.36. The van der Waals surface area contributed by atoms with Gasteiger partial charge >= 0.3 is 0 Å². The summed E-state index contributed by atoms with van der Waals surface area (Å²) in [6, 6.07) is 0. The number of nitrogens with zero attached hydrogens (tertiary/aromatic N) is 2. The van der Waals surface area contributed by atoms with Gasteiger partial charge in [-0.25, -0.2) is 4.98 Å². The van der Waals surface area contributed by atoms with E-state index in [9.17, 15) is 5.11 Å². The second-order valence-corrected chi connectivity index (χ2v) is 5.36. The normalized spacial score (nSPS) is 29.0. The van der Waals surface area contributed by atoms with Crippen LogP contribution < -0.4 is 5.32 Å². The number of aryl methyl sites for hydroxylation is 1. The minimum absolute atomic E-state index is 0.345. The molecule has 2 aliphatic rings. The molecule has 0 amide bonds. The van der Waals surface area contributed by atoms with Gasteiger partial charge in [0.25, 0.3) is 0 Å². The molecule has 17 heavy (non-hydrogen) atoms. The van der Waals surface area contributed by atoms with Crippen LogP contribution in [0.3, 0.4) is 0 Å². The van der Waals surface area contributed by atoms with Gasteiger partial charge in [0.15, 0.2) is 0 Å². The lowest BCUT2D eigenvalue weighted by molar-refractivity contribution is 0.133. The van der Waals surface area contributed by atoms with Crippen LogP contribution in [0.5, 0.6) is 0 Å². The first-order valence-electron chi connectivity index (χ1n) is 6.77. The fourth-order valence-electron chi connectivity index (χ4n) is 3.01. The minimum atomic E-state index is -0.345. The van der Waals surface area contributed by atoms with E-state index in [0.29, 0.717) is 0 Å². The zero-order valence-electron chi connectivity index (χ0n) is 10.2. The highest BCUT2D eigenvalue weighted by Gasteiger charge is 2.22. The average Bonchev–Trinajstić information content (AvgIpc) is 2.74. The maximum atomic E-state index is 9.88. The third-order valence-electron chi connectivity index (χ3n) is 3.93. The Morgan fingerprint density at radius 1 is 1.41 bits per heavy atom. The van der Waals surface area contributed by atoms with Crippen LogP contribution in [-0.4, -0.2) is 27.7 Å². The number of aliphatic hydroxyl groups excluding tert-OH is 1. The Morgan fingerprint density at radius 3 is 3.12 bits per heavy atom. The summed E-state index contributed by atoms with van der Waals surface area (Å²) in [5.74, 6) is 1.60. The monoisotopic (exact) mass is 235 g/mol. The van der Waals surface area contributed by atoms with Crippen LogP contribution in [0.1, 0.15) is 43.3 Å². The van der Waals surface area contributed by atoms with E-state index < -0.39 is 0 Å². The molecule has 1 saturated heterocycles. The highest BCUT2D eigenvalue weighted by Crippen LogP contribution is 2.25. The van der Waals surface area contributed by atoms with Gasteiger partial charge in [-0.05, 0) is 51.1 Å². The van der Waals surface area contributed by atoms with E-state index in [1.54, 1.807) is 0 Å². The molecule has 0 aromatic carbocycles. The van der Waals surface area contributed by atoms with Gasteiger partial charge in [-0.3, -0.25) is 0 Å². The van der Waals surface area contributed by atoms with E-state index in [1.165, 1.54) is 12.8 Å². The van der Waals surface area contributed by atoms with E-state index in [2.05, 4.69) is 21.1 Å². The minimum Gasteiger partial charge on any atom is -0.385 e. The van der Waals surface area contributed by atoms with Crippen molar-refractivity contribution in [3.8, 4) is 0 Å². The van der Waals surface area contributed by atoms with E-state index >= 15 is 0 Å². The molecule has 1 fully saturated rings. The average molecular weight is 235 g/mol. The van der Waals surface area contributed by atoms with Gasteiger partial charge in [0.1, 0.15) is 11.9 Å². The molecular formula is C13H21N3O. The van der Waals surface area contributed by atoms with Crippen LogP contribution in [0.15, 0.2) is 6.20 Å². The molecule has 2 aliphatic heterocycles. The molecule has 1 aromatic rings. The first-order chi connectivity index (χ1) is 8.33. The Balaban J connectivity index is 1.71. The van der Waals surface area contributed by atoms with Gasteiger partial charge in [0.2, 0.25) is 0 Å². The van der Waals surface area contributed by atoms with Gasteiger partial charge in [-0.15, -0.1) is 0 Å². The van der Waals surface area contributed by atoms with Crippen LogP contribution in [0, 0.1) is 5.92 Å². The lowest BCUT2D eigenvalue weighted by Gasteiger charge is -2.21. The molecule has 4 nitrogen and oxygen atoms in total. The molecule has 94 valence electrons. The van der Waals surface area contributed by atoms with Crippen LogP contribution >= 0.6 is 0 Å². The smallest absolute Gasteiger partial charge is 0.137 e. The van der Waals surface area contributed by atoms with Gasteiger partial charge in [-0.2, -0.15) is 0 Å². The Hall–Kier alpha value is -0.870. The van der Waals surface area contributed by atoms with Crippen molar-refractivity contribution in [2.75, 3.05) is 13.1 Å². The molecule has 2 atom stereocenters. The molecule has 0 radical (unpaired) electrons. The van der Waals surface area contributed by atoms with E-state index in [4.69, 9.17) is 0 Å². The van der Waals surface area contributed by atoms with Crippen molar-refractivity contribution < 1.29 is 5.11 Å². The van der Waals surface area contributed by atoms with E-state index in [-0.39, 0.29) is 6.10 Å². The van der Waals surface area contributed by atoms with Crippen LogP contribution in [0.4, 0.5) is 0 Å². The van der Waals surface area contributed by atoms with E-state index in [1.807, 2.05) is 0 Å². The highest BCUT2D eigenvalue weighted by molar-refractivity contribution is 5.09. The second kappa shape index (κ2) is 4.78. The summed E-state index contributed by atoms with van der Waals surface area (Å²) in [7, 11) is 0. The summed E-state index contributed by atoms with van der Waals surface area (Å²) in [5, 5.41) is 13.3. The van der Waals surface area contributed by atoms with Crippen molar-refractivity contribution >= 4 is 0 Å². The molecule has 3 rings (SSSR count). The molecule has 2 unspecified atom stereocenters. The molecule has 2 N–H and O–H groups in total. The largest absolute Gasteiger partial charge is 0.385 e. The SMILES string of the molecule is OC1CCCn2cc(CC3CCCNC3)nc21. The third kappa shape index (κ3) is 2.38. The summed E-state index contributed by atoms with van der Waals surface area (Å²) in [4.78, 5) is 4.61. The Kier molecular flexibility index (Phi) is 3.16. The first-order valence-corrected chi connectivity index (χ1v) is 6.77. The van der Waals surface area contributed by atoms with Crippen molar-refractivity contribution in [2.45, 2.75) is 44.8 Å². The number of aromatic nitrogens is 2. The number of hydrogen-bond donors (Lipinski definition) is 2. The summed E-state index contributed by atoms with van der Waals surface area (Å²) in [6.45, 7) is 3.29. The topological polar surface area (TPSA) is 50.1 Å². The van der Waals surface area contributed by atoms with Crippen LogP contribution in [0.2, 0.25) is 0 Å². The summed E-state index contributed by atoms with van der Waals surface area (Å²) < 4.78 is 2.14. The number of fused-ring (bicyclic) bond motifs is 1. The molecule has 4 heteroatoms. The summed E-state index contributed by atoms with van der Waals surface area (Å²) in [6.07, 6.45) is 7.36. The number of rotatable bonds is 2. The maximum Gasteiger partial charge on any atom is 0.137 e. The van der Waals surface area contributed by atoms with Crippen LogP contribution in [0.25, 0.3) is 0 Å². The highest BCUT2D eigenvalue weighted by atomic mass is 16.3. The molecular weight excluding hydrogens is 214 g/mol. The molecule has 3 heterocycles. The molecule has 0 saturated carbocycles. The Morgan fingerprint density at radius 2 is 2.35 bits per heavy atom. The lowest BCUT2D eigenvalue weighted by atomic mass is 9.95. The fourth-order valence-corrected chi connectivity index (χ4v) is 3.01. The van der Waals surface area contributed by atoms with Gasteiger partial charge < -0.3 is 15.0 Å². The van der Waals surface area contributed by atoms with Crippen molar-refractivity contribution in [3.05, 3.63) is 17.7 Å². The zero-order valence-corrected chi connectivity index (χ0v) is 10.2. The van der Waals surface area contributed by atoms with Crippen LogP contribution in [-0.2, 0) is 13.0 Å². The molecule has 1 aromatic heterocycles. The zero-order chi connectivity index (χ0) is 11.7. The summed E-state index contributed by atoms with van der Waals surface area (Å²) >= 11 is 0. The third-order valence-corrected chi connectivity index (χ3v) is 3.93.